The predicted molar refractivity (Wildman–Crippen MR) is 82.9 cm³/mol. The molecule has 0 unspecified atom stereocenters. The number of aliphatic carboxylic acids is 2. The van der Waals surface area contributed by atoms with Gasteiger partial charge in [-0.1, -0.05) is 6.07 Å². The van der Waals surface area contributed by atoms with Crippen LogP contribution in [0.1, 0.15) is 5.56 Å². The minimum atomic E-state index is -1.91. The zero-order valence-electron chi connectivity index (χ0n) is 13.0. The molecule has 1 heterocycles. The number of phenols is 2. The van der Waals surface area contributed by atoms with Crippen molar-refractivity contribution >= 4 is 24.0 Å². The number of phenolic OH excluding ortho intramolecular Hbond substituents is 2. The van der Waals surface area contributed by atoms with Crippen molar-refractivity contribution in [1.29, 1.82) is 0 Å². The fourth-order valence-electron chi connectivity index (χ4n) is 2.07. The summed E-state index contributed by atoms with van der Waals surface area (Å²) in [7, 11) is 0. The van der Waals surface area contributed by atoms with E-state index in [1.165, 1.54) is 24.3 Å². The number of carboxylic acid groups (broad SMARTS) is 2. The van der Waals surface area contributed by atoms with Crippen molar-refractivity contribution in [3.63, 3.8) is 0 Å². The van der Waals surface area contributed by atoms with Crippen LogP contribution in [-0.2, 0) is 23.9 Å². The van der Waals surface area contributed by atoms with Crippen molar-refractivity contribution in [3.05, 3.63) is 41.7 Å². The van der Waals surface area contributed by atoms with E-state index >= 15 is 0 Å². The first-order valence-corrected chi connectivity index (χ1v) is 7.12. The van der Waals surface area contributed by atoms with E-state index in [-0.39, 0.29) is 5.75 Å². The number of aliphatic hydroxyl groups is 1. The molecule has 0 amide bonds. The van der Waals surface area contributed by atoms with Gasteiger partial charge in [0.25, 0.3) is 0 Å². The fourth-order valence-corrected chi connectivity index (χ4v) is 2.07. The maximum absolute atomic E-state index is 11.8. The highest BCUT2D eigenvalue weighted by Gasteiger charge is 2.41. The molecule has 3 atom stereocenters. The van der Waals surface area contributed by atoms with Crippen LogP contribution in [0.25, 0.3) is 6.08 Å². The molecule has 1 aromatic carbocycles. The minimum absolute atomic E-state index is 0.343. The number of ether oxygens (including phenoxy) is 2. The number of carbonyl (C=O) groups is 3. The number of carbonyl (C=O) groups excluding carboxylic acids is 1. The van der Waals surface area contributed by atoms with Crippen LogP contribution in [0.2, 0.25) is 0 Å². The second kappa shape index (κ2) is 7.57. The fraction of sp³-hybridized carbons (Fsp3) is 0.188. The number of rotatable bonds is 5. The van der Waals surface area contributed by atoms with Crippen LogP contribution in [0, 0.1) is 0 Å². The molecule has 0 bridgehead atoms. The Morgan fingerprint density at radius 2 is 1.81 bits per heavy atom. The summed E-state index contributed by atoms with van der Waals surface area (Å²) in [5.74, 6) is -5.73. The largest absolute Gasteiger partial charge is 0.504 e. The van der Waals surface area contributed by atoms with Crippen LogP contribution < -0.4 is 0 Å². The Hall–Kier alpha value is -3.53. The smallest absolute Gasteiger partial charge is 0.370 e. The lowest BCUT2D eigenvalue weighted by Gasteiger charge is -2.30. The molecule has 5 N–H and O–H groups in total. The van der Waals surface area contributed by atoms with Gasteiger partial charge in [-0.05, 0) is 23.8 Å². The number of hydrogen-bond acceptors (Lipinski definition) is 8. The van der Waals surface area contributed by atoms with Gasteiger partial charge in [-0.15, -0.1) is 0 Å². The molecule has 1 aliphatic heterocycles. The van der Waals surface area contributed by atoms with Gasteiger partial charge < -0.3 is 35.0 Å². The minimum Gasteiger partial charge on any atom is -0.504 e. The maximum Gasteiger partial charge on any atom is 0.370 e. The monoisotopic (exact) mass is 366 g/mol. The number of hydrogen-bond donors (Lipinski definition) is 5. The number of carboxylic acids is 2. The van der Waals surface area contributed by atoms with E-state index in [0.29, 0.717) is 5.56 Å². The third kappa shape index (κ3) is 4.30. The Kier molecular flexibility index (Phi) is 5.48. The molecule has 0 fully saturated rings. The van der Waals surface area contributed by atoms with E-state index in [0.717, 1.165) is 12.2 Å². The molecule has 10 nitrogen and oxygen atoms in total. The number of esters is 1. The van der Waals surface area contributed by atoms with E-state index in [4.69, 9.17) is 14.9 Å². The summed E-state index contributed by atoms with van der Waals surface area (Å²) in [6, 6.07) is 3.76. The van der Waals surface area contributed by atoms with Crippen LogP contribution in [0.15, 0.2) is 36.1 Å². The van der Waals surface area contributed by atoms with E-state index in [2.05, 4.69) is 4.74 Å². The van der Waals surface area contributed by atoms with Crippen molar-refractivity contribution < 1.29 is 49.4 Å². The highest BCUT2D eigenvalue weighted by molar-refractivity contribution is 5.88. The number of aliphatic hydroxyl groups excluding tert-OH is 1. The Balaban J connectivity index is 2.13. The molecule has 10 heteroatoms. The Bertz CT molecular complexity index is 794. The van der Waals surface area contributed by atoms with E-state index in [9.17, 15) is 29.7 Å². The standard InChI is InChI=1S/C16H14O10/c17-8-3-1-7(5-9(8)18)2-4-12(19)25-10-6-11(15(21)22)26-14(13(10)20)16(23)24/h1-6,10,13-14,17-18,20H,(H,21,22)(H,23,24)/t10-,13+,14-/m0/s1. The zero-order chi connectivity index (χ0) is 19.4. The average Bonchev–Trinajstić information content (AvgIpc) is 2.57. The molecule has 0 saturated heterocycles. The molecule has 0 saturated carbocycles. The Morgan fingerprint density at radius 3 is 2.38 bits per heavy atom. The molecular weight excluding hydrogens is 352 g/mol. The molecule has 138 valence electrons. The van der Waals surface area contributed by atoms with Gasteiger partial charge in [-0.3, -0.25) is 0 Å². The first-order valence-electron chi connectivity index (χ1n) is 7.12. The average molecular weight is 366 g/mol. The lowest BCUT2D eigenvalue weighted by Crippen LogP contribution is -2.48. The van der Waals surface area contributed by atoms with Gasteiger partial charge in [0.15, 0.2) is 17.6 Å². The highest BCUT2D eigenvalue weighted by atomic mass is 16.6. The summed E-state index contributed by atoms with van der Waals surface area (Å²) in [6.45, 7) is 0. The molecule has 26 heavy (non-hydrogen) atoms. The number of benzene rings is 1. The highest BCUT2D eigenvalue weighted by Crippen LogP contribution is 2.25. The Labute approximate surface area is 145 Å². The molecular formula is C16H14O10. The van der Waals surface area contributed by atoms with Crippen LogP contribution in [0.3, 0.4) is 0 Å². The second-order valence-corrected chi connectivity index (χ2v) is 5.19. The van der Waals surface area contributed by atoms with E-state index in [1.807, 2.05) is 0 Å². The summed E-state index contributed by atoms with van der Waals surface area (Å²) in [5, 5.41) is 46.3. The number of aromatic hydroxyl groups is 2. The van der Waals surface area contributed by atoms with Crippen LogP contribution in [-0.4, -0.2) is 61.8 Å². The van der Waals surface area contributed by atoms with Gasteiger partial charge in [0.1, 0.15) is 6.10 Å². The van der Waals surface area contributed by atoms with Gasteiger partial charge in [-0.25, -0.2) is 14.4 Å². The summed E-state index contributed by atoms with van der Waals surface area (Å²) >= 11 is 0. The molecule has 0 aromatic heterocycles. The quantitative estimate of drug-likeness (QED) is 0.268. The summed E-state index contributed by atoms with van der Waals surface area (Å²) in [4.78, 5) is 33.8. The molecule has 1 aromatic rings. The van der Waals surface area contributed by atoms with Crippen molar-refractivity contribution in [1.82, 2.24) is 0 Å². The first-order chi connectivity index (χ1) is 12.2. The Morgan fingerprint density at radius 1 is 1.12 bits per heavy atom. The summed E-state index contributed by atoms with van der Waals surface area (Å²) in [5.41, 5.74) is 0.343. The van der Waals surface area contributed by atoms with E-state index < -0.39 is 47.7 Å². The first kappa shape index (κ1) is 18.8. The summed E-state index contributed by atoms with van der Waals surface area (Å²) < 4.78 is 9.51. The van der Waals surface area contributed by atoms with E-state index in [1.54, 1.807) is 0 Å². The van der Waals surface area contributed by atoms with Crippen molar-refractivity contribution in [2.75, 3.05) is 0 Å². The topological polar surface area (TPSA) is 171 Å². The molecule has 0 spiro atoms. The second-order valence-electron chi connectivity index (χ2n) is 5.19. The normalized spacial score (nSPS) is 22.3. The van der Waals surface area contributed by atoms with Crippen molar-refractivity contribution in [2.24, 2.45) is 0 Å². The van der Waals surface area contributed by atoms with Crippen LogP contribution in [0.5, 0.6) is 11.5 Å². The lowest BCUT2D eigenvalue weighted by molar-refractivity contribution is -0.172. The molecule has 2 rings (SSSR count). The third-order valence-electron chi connectivity index (χ3n) is 3.33. The molecule has 0 aliphatic carbocycles. The van der Waals surface area contributed by atoms with Crippen LogP contribution in [0.4, 0.5) is 0 Å². The van der Waals surface area contributed by atoms with Gasteiger partial charge in [0, 0.05) is 12.2 Å². The lowest BCUT2D eigenvalue weighted by atomic mass is 10.0. The third-order valence-corrected chi connectivity index (χ3v) is 3.33. The maximum atomic E-state index is 11.8. The predicted octanol–water partition coefficient (Wildman–Crippen LogP) is -0.164. The summed E-state index contributed by atoms with van der Waals surface area (Å²) in [6.07, 6.45) is -2.36. The van der Waals surface area contributed by atoms with Gasteiger partial charge >= 0.3 is 17.9 Å². The van der Waals surface area contributed by atoms with Crippen LogP contribution >= 0.6 is 0 Å². The zero-order valence-corrected chi connectivity index (χ0v) is 13.0. The molecule has 1 aliphatic rings. The van der Waals surface area contributed by atoms with Gasteiger partial charge in [0.2, 0.25) is 11.9 Å². The SMILES string of the molecule is O=C(C=Cc1ccc(O)c(O)c1)O[C@H]1C=C(C(=O)O)O[C@H](C(=O)O)[C@@H]1O. The van der Waals surface area contributed by atoms with Crippen molar-refractivity contribution in [2.45, 2.75) is 18.3 Å². The van der Waals surface area contributed by atoms with Gasteiger partial charge in [0.05, 0.1) is 0 Å². The van der Waals surface area contributed by atoms with Crippen molar-refractivity contribution in [3.8, 4) is 11.5 Å². The van der Waals surface area contributed by atoms with Gasteiger partial charge in [-0.2, -0.15) is 0 Å². The molecule has 0 radical (unpaired) electrons.